The molecule has 2 aromatic rings. The molecule has 0 spiro atoms. The first kappa shape index (κ1) is 17.3. The van der Waals surface area contributed by atoms with Crippen LogP contribution in [0.25, 0.3) is 0 Å². The van der Waals surface area contributed by atoms with Crippen LogP contribution in [-0.2, 0) is 13.5 Å². The van der Waals surface area contributed by atoms with E-state index < -0.39 is 18.2 Å². The number of halogens is 3. The van der Waals surface area contributed by atoms with E-state index in [2.05, 4.69) is 10.4 Å². The van der Waals surface area contributed by atoms with Gasteiger partial charge in [-0.3, -0.25) is 4.68 Å². The molecular formula is C17H19F3N4O. The summed E-state index contributed by atoms with van der Waals surface area (Å²) in [4.78, 5) is 14.0. The van der Waals surface area contributed by atoms with Crippen LogP contribution in [0.2, 0.25) is 0 Å². The fourth-order valence-electron chi connectivity index (χ4n) is 3.20. The molecule has 0 saturated carbocycles. The second-order valence-corrected chi connectivity index (χ2v) is 6.19. The van der Waals surface area contributed by atoms with Crippen LogP contribution in [0.15, 0.2) is 36.7 Å². The number of hydrogen-bond acceptors (Lipinski definition) is 2. The third-order valence-corrected chi connectivity index (χ3v) is 4.51. The van der Waals surface area contributed by atoms with Crippen molar-refractivity contribution in [2.24, 2.45) is 7.05 Å². The van der Waals surface area contributed by atoms with Gasteiger partial charge in [0.2, 0.25) is 0 Å². The predicted octanol–water partition coefficient (Wildman–Crippen LogP) is 3.35. The first-order chi connectivity index (χ1) is 11.8. The molecule has 1 aliphatic heterocycles. The van der Waals surface area contributed by atoms with Crippen molar-refractivity contribution in [1.29, 1.82) is 0 Å². The van der Waals surface area contributed by atoms with Crippen molar-refractivity contribution in [3.63, 3.8) is 0 Å². The molecule has 8 heteroatoms. The quantitative estimate of drug-likeness (QED) is 0.901. The zero-order chi connectivity index (χ0) is 18.2. The number of alkyl halides is 3. The number of aromatic nitrogens is 2. The largest absolute Gasteiger partial charge is 0.413 e. The Balaban J connectivity index is 1.81. The molecule has 1 aromatic carbocycles. The van der Waals surface area contributed by atoms with Gasteiger partial charge < -0.3 is 10.2 Å². The summed E-state index contributed by atoms with van der Waals surface area (Å²) < 4.78 is 41.5. The molecule has 25 heavy (non-hydrogen) atoms. The SMILES string of the molecule is CC1c2ccccc2CCN1C(=O)NC(c1cnn(C)c1)C(F)(F)F. The van der Waals surface area contributed by atoms with Gasteiger partial charge in [0.25, 0.3) is 0 Å². The van der Waals surface area contributed by atoms with E-state index in [-0.39, 0.29) is 11.6 Å². The van der Waals surface area contributed by atoms with Crippen molar-refractivity contribution in [1.82, 2.24) is 20.0 Å². The minimum absolute atomic E-state index is 0.0894. The van der Waals surface area contributed by atoms with Crippen LogP contribution in [0.5, 0.6) is 0 Å². The number of benzene rings is 1. The summed E-state index contributed by atoms with van der Waals surface area (Å²) >= 11 is 0. The van der Waals surface area contributed by atoms with Gasteiger partial charge in [-0.1, -0.05) is 24.3 Å². The molecule has 0 fully saturated rings. The highest BCUT2D eigenvalue weighted by molar-refractivity contribution is 5.76. The van der Waals surface area contributed by atoms with Gasteiger partial charge in [-0.2, -0.15) is 18.3 Å². The number of fused-ring (bicyclic) bond motifs is 1. The number of carbonyl (C=O) groups excluding carboxylic acids is 1. The van der Waals surface area contributed by atoms with Crippen LogP contribution in [-0.4, -0.2) is 33.4 Å². The minimum atomic E-state index is -4.60. The summed E-state index contributed by atoms with van der Waals surface area (Å²) in [6.07, 6.45) is -1.60. The third kappa shape index (κ3) is 3.47. The van der Waals surface area contributed by atoms with Crippen LogP contribution < -0.4 is 5.32 Å². The molecule has 2 amide bonds. The second-order valence-electron chi connectivity index (χ2n) is 6.19. The fourth-order valence-corrected chi connectivity index (χ4v) is 3.20. The molecule has 5 nitrogen and oxygen atoms in total. The van der Waals surface area contributed by atoms with E-state index in [9.17, 15) is 18.0 Å². The number of aryl methyl sites for hydroxylation is 1. The average Bonchev–Trinajstić information content (AvgIpc) is 2.98. The Labute approximate surface area is 143 Å². The first-order valence-corrected chi connectivity index (χ1v) is 7.97. The molecule has 1 N–H and O–H groups in total. The Hall–Kier alpha value is -2.51. The van der Waals surface area contributed by atoms with Gasteiger partial charge in [0.05, 0.1) is 12.2 Å². The Morgan fingerprint density at radius 1 is 1.36 bits per heavy atom. The molecule has 0 bridgehead atoms. The molecule has 1 aliphatic rings. The molecule has 0 saturated heterocycles. The van der Waals surface area contributed by atoms with E-state index in [1.54, 1.807) is 0 Å². The van der Waals surface area contributed by atoms with Crippen LogP contribution in [0.4, 0.5) is 18.0 Å². The zero-order valence-corrected chi connectivity index (χ0v) is 13.9. The van der Waals surface area contributed by atoms with E-state index >= 15 is 0 Å². The van der Waals surface area contributed by atoms with Crippen LogP contribution in [0.1, 0.15) is 35.7 Å². The Kier molecular flexibility index (Phi) is 4.45. The fraction of sp³-hybridized carbons (Fsp3) is 0.412. The van der Waals surface area contributed by atoms with E-state index in [1.165, 1.54) is 22.8 Å². The number of hydrogen-bond donors (Lipinski definition) is 1. The van der Waals surface area contributed by atoms with E-state index in [1.807, 2.05) is 31.2 Å². The maximum Gasteiger partial charge on any atom is 0.413 e. The first-order valence-electron chi connectivity index (χ1n) is 7.97. The number of urea groups is 1. The number of rotatable bonds is 2. The van der Waals surface area contributed by atoms with Gasteiger partial charge in [0, 0.05) is 25.4 Å². The van der Waals surface area contributed by atoms with Crippen LogP contribution >= 0.6 is 0 Å². The predicted molar refractivity (Wildman–Crippen MR) is 85.8 cm³/mol. The summed E-state index contributed by atoms with van der Waals surface area (Å²) in [6, 6.07) is 4.57. The maximum absolute atomic E-state index is 13.4. The van der Waals surface area contributed by atoms with Crippen molar-refractivity contribution >= 4 is 6.03 Å². The van der Waals surface area contributed by atoms with E-state index in [4.69, 9.17) is 0 Å². The summed E-state index contributed by atoms with van der Waals surface area (Å²) in [7, 11) is 1.53. The Morgan fingerprint density at radius 2 is 2.08 bits per heavy atom. The minimum Gasteiger partial charge on any atom is -0.322 e. The van der Waals surface area contributed by atoms with Crippen molar-refractivity contribution < 1.29 is 18.0 Å². The van der Waals surface area contributed by atoms with Crippen LogP contribution in [0, 0.1) is 0 Å². The molecular weight excluding hydrogens is 333 g/mol. The Bertz CT molecular complexity index is 771. The molecule has 0 radical (unpaired) electrons. The topological polar surface area (TPSA) is 50.2 Å². The third-order valence-electron chi connectivity index (χ3n) is 4.51. The summed E-state index contributed by atoms with van der Waals surface area (Å²) in [5.41, 5.74) is 2.00. The van der Waals surface area contributed by atoms with Crippen molar-refractivity contribution in [3.8, 4) is 0 Å². The highest BCUT2D eigenvalue weighted by atomic mass is 19.4. The monoisotopic (exact) mass is 352 g/mol. The zero-order valence-electron chi connectivity index (χ0n) is 13.9. The highest BCUT2D eigenvalue weighted by Crippen LogP contribution is 2.34. The highest BCUT2D eigenvalue weighted by Gasteiger charge is 2.43. The lowest BCUT2D eigenvalue weighted by Crippen LogP contribution is -2.48. The van der Waals surface area contributed by atoms with Gasteiger partial charge in [-0.15, -0.1) is 0 Å². The van der Waals surface area contributed by atoms with Crippen LogP contribution in [0.3, 0.4) is 0 Å². The average molecular weight is 352 g/mol. The molecule has 3 rings (SSSR count). The van der Waals surface area contributed by atoms with Crippen molar-refractivity contribution in [3.05, 3.63) is 53.3 Å². The van der Waals surface area contributed by atoms with Gasteiger partial charge in [0.1, 0.15) is 0 Å². The summed E-state index contributed by atoms with van der Waals surface area (Å²) in [5, 5.41) is 5.89. The molecule has 2 atom stereocenters. The molecule has 1 aromatic heterocycles. The molecule has 2 unspecified atom stereocenters. The Morgan fingerprint density at radius 3 is 2.72 bits per heavy atom. The smallest absolute Gasteiger partial charge is 0.322 e. The summed E-state index contributed by atoms with van der Waals surface area (Å²) in [5.74, 6) is 0. The molecule has 134 valence electrons. The van der Waals surface area contributed by atoms with Crippen molar-refractivity contribution in [2.45, 2.75) is 31.6 Å². The second kappa shape index (κ2) is 6.42. The molecule has 2 heterocycles. The van der Waals surface area contributed by atoms with Gasteiger partial charge in [-0.25, -0.2) is 4.79 Å². The number of nitrogens with zero attached hydrogens (tertiary/aromatic N) is 3. The number of amides is 2. The van der Waals surface area contributed by atoms with Gasteiger partial charge in [-0.05, 0) is 24.5 Å². The molecule has 0 aliphatic carbocycles. The number of carbonyl (C=O) groups is 1. The van der Waals surface area contributed by atoms with Gasteiger partial charge >= 0.3 is 12.2 Å². The lowest BCUT2D eigenvalue weighted by atomic mass is 9.94. The van der Waals surface area contributed by atoms with E-state index in [0.29, 0.717) is 13.0 Å². The van der Waals surface area contributed by atoms with Gasteiger partial charge in [0.15, 0.2) is 6.04 Å². The summed E-state index contributed by atoms with van der Waals surface area (Å²) in [6.45, 7) is 2.20. The number of nitrogens with one attached hydrogen (secondary N) is 1. The maximum atomic E-state index is 13.4. The standard InChI is InChI=1S/C17H19F3N4O/c1-11-14-6-4-3-5-12(14)7-8-24(11)16(25)22-15(17(18,19)20)13-9-21-23(2)10-13/h3-6,9-11,15H,7-8H2,1-2H3,(H,22,25). The lowest BCUT2D eigenvalue weighted by molar-refractivity contribution is -0.155. The van der Waals surface area contributed by atoms with E-state index in [0.717, 1.165) is 17.3 Å². The van der Waals surface area contributed by atoms with Crippen molar-refractivity contribution in [2.75, 3.05) is 6.54 Å². The lowest BCUT2D eigenvalue weighted by Gasteiger charge is -2.36. The normalized spacial score (nSPS) is 18.6.